The van der Waals surface area contributed by atoms with Gasteiger partial charge in [0.25, 0.3) is 5.91 Å². The van der Waals surface area contributed by atoms with Gasteiger partial charge >= 0.3 is 0 Å². The van der Waals surface area contributed by atoms with Gasteiger partial charge in [-0.25, -0.2) is 0 Å². The molecule has 2 aliphatic rings. The summed E-state index contributed by atoms with van der Waals surface area (Å²) in [5.74, 6) is 0.673. The highest BCUT2D eigenvalue weighted by Gasteiger charge is 2.34. The minimum absolute atomic E-state index is 0.0123. The van der Waals surface area contributed by atoms with E-state index >= 15 is 0 Å². The Bertz CT molecular complexity index is 993. The molecule has 5 rings (SSSR count). The molecule has 32 heavy (non-hydrogen) atoms. The van der Waals surface area contributed by atoms with Crippen molar-refractivity contribution < 1.29 is 13.9 Å². The molecule has 7 heteroatoms. The molecule has 2 saturated heterocycles. The van der Waals surface area contributed by atoms with Crippen LogP contribution in [0.4, 0.5) is 0 Å². The number of rotatable bonds is 7. The number of benzene rings is 1. The molecule has 2 fully saturated rings. The van der Waals surface area contributed by atoms with E-state index in [0.29, 0.717) is 30.1 Å². The van der Waals surface area contributed by atoms with Crippen molar-refractivity contribution in [2.24, 2.45) is 0 Å². The van der Waals surface area contributed by atoms with Crippen LogP contribution < -0.4 is 0 Å². The molecule has 2 aliphatic heterocycles. The number of nitrogens with zero attached hydrogens (tertiary/aromatic N) is 3. The molecule has 0 unspecified atom stereocenters. The van der Waals surface area contributed by atoms with Crippen LogP contribution in [0.3, 0.4) is 0 Å². The molecule has 0 saturated carbocycles. The molecule has 1 amide bonds. The molecular formula is C25H30N4O3. The Morgan fingerprint density at radius 2 is 1.94 bits per heavy atom. The molecule has 0 bridgehead atoms. The van der Waals surface area contributed by atoms with Crippen LogP contribution in [0.25, 0.3) is 11.5 Å². The second-order valence-electron chi connectivity index (χ2n) is 8.70. The van der Waals surface area contributed by atoms with E-state index in [1.165, 1.54) is 18.4 Å². The zero-order valence-corrected chi connectivity index (χ0v) is 18.3. The first-order valence-corrected chi connectivity index (χ1v) is 11.5. The number of H-pyrrole nitrogens is 1. The Labute approximate surface area is 188 Å². The molecule has 3 aromatic rings. The minimum atomic E-state index is -0.0123. The molecule has 168 valence electrons. The van der Waals surface area contributed by atoms with Gasteiger partial charge in [-0.1, -0.05) is 30.3 Å². The fourth-order valence-corrected chi connectivity index (χ4v) is 4.96. The fraction of sp³-hybridized carbons (Fsp3) is 0.440. The van der Waals surface area contributed by atoms with E-state index in [0.717, 1.165) is 44.8 Å². The Balaban J connectivity index is 1.12. The van der Waals surface area contributed by atoms with Gasteiger partial charge in [0.15, 0.2) is 11.5 Å². The summed E-state index contributed by atoms with van der Waals surface area (Å²) in [4.78, 5) is 17.5. The zero-order valence-electron chi connectivity index (χ0n) is 18.3. The molecular weight excluding hydrogens is 404 g/mol. The van der Waals surface area contributed by atoms with Crippen LogP contribution in [0.15, 0.2) is 59.2 Å². The van der Waals surface area contributed by atoms with Crippen molar-refractivity contribution in [1.29, 1.82) is 0 Å². The molecule has 4 heterocycles. The first kappa shape index (κ1) is 21.0. The van der Waals surface area contributed by atoms with Crippen LogP contribution in [0.5, 0.6) is 0 Å². The van der Waals surface area contributed by atoms with Crippen molar-refractivity contribution >= 4 is 5.91 Å². The van der Waals surface area contributed by atoms with Crippen LogP contribution in [0.1, 0.15) is 41.7 Å². The van der Waals surface area contributed by atoms with Gasteiger partial charge in [0.05, 0.1) is 19.5 Å². The molecule has 7 nitrogen and oxygen atoms in total. The summed E-state index contributed by atoms with van der Waals surface area (Å²) in [5, 5.41) is 7.12. The average Bonchev–Trinajstić information content (AvgIpc) is 3.61. The Morgan fingerprint density at radius 1 is 1.09 bits per heavy atom. The highest BCUT2D eigenvalue weighted by atomic mass is 16.5. The highest BCUT2D eigenvalue weighted by Crippen LogP contribution is 2.27. The van der Waals surface area contributed by atoms with Gasteiger partial charge in [-0.2, -0.15) is 5.10 Å². The van der Waals surface area contributed by atoms with Gasteiger partial charge in [-0.05, 0) is 49.9 Å². The number of piperidine rings is 1. The fourth-order valence-electron chi connectivity index (χ4n) is 4.96. The van der Waals surface area contributed by atoms with E-state index in [2.05, 4.69) is 39.4 Å². The monoisotopic (exact) mass is 434 g/mol. The molecule has 0 radical (unpaired) electrons. The van der Waals surface area contributed by atoms with Crippen molar-refractivity contribution in [2.45, 2.75) is 44.4 Å². The number of aromatic nitrogens is 2. The van der Waals surface area contributed by atoms with Crippen molar-refractivity contribution in [2.75, 3.05) is 26.2 Å². The summed E-state index contributed by atoms with van der Waals surface area (Å²) < 4.78 is 11.4. The van der Waals surface area contributed by atoms with Gasteiger partial charge in [0, 0.05) is 31.2 Å². The third-order valence-corrected chi connectivity index (χ3v) is 6.65. The maximum Gasteiger partial charge on any atom is 0.274 e. The second-order valence-corrected chi connectivity index (χ2v) is 8.70. The summed E-state index contributed by atoms with van der Waals surface area (Å²) in [6.45, 7) is 4.10. The SMILES string of the molecule is O=C(c1cc(-c2ccco2)[nH]n1)N1CCC(N2CCC[C@H]2COCc2ccccc2)CC1. The predicted molar refractivity (Wildman–Crippen MR) is 121 cm³/mol. The van der Waals surface area contributed by atoms with Crippen molar-refractivity contribution in [1.82, 2.24) is 20.0 Å². The van der Waals surface area contributed by atoms with Crippen LogP contribution in [0.2, 0.25) is 0 Å². The third kappa shape index (κ3) is 4.64. The summed E-state index contributed by atoms with van der Waals surface area (Å²) in [5.41, 5.74) is 2.39. The summed E-state index contributed by atoms with van der Waals surface area (Å²) in [7, 11) is 0. The summed E-state index contributed by atoms with van der Waals surface area (Å²) in [6.07, 6.45) is 6.02. The van der Waals surface area contributed by atoms with Crippen LogP contribution in [-0.2, 0) is 11.3 Å². The number of aromatic amines is 1. The largest absolute Gasteiger partial charge is 0.463 e. The lowest BCUT2D eigenvalue weighted by atomic mass is 10.0. The number of nitrogens with one attached hydrogen (secondary N) is 1. The smallest absolute Gasteiger partial charge is 0.274 e. The van der Waals surface area contributed by atoms with Gasteiger partial charge in [0.2, 0.25) is 0 Å². The van der Waals surface area contributed by atoms with E-state index < -0.39 is 0 Å². The maximum atomic E-state index is 12.9. The number of likely N-dealkylation sites (tertiary alicyclic amines) is 2. The number of ether oxygens (including phenoxy) is 1. The quantitative estimate of drug-likeness (QED) is 0.609. The number of hydrogen-bond donors (Lipinski definition) is 1. The van der Waals surface area contributed by atoms with Gasteiger partial charge in [-0.15, -0.1) is 0 Å². The number of carbonyl (C=O) groups is 1. The summed E-state index contributed by atoms with van der Waals surface area (Å²) >= 11 is 0. The average molecular weight is 435 g/mol. The number of hydrogen-bond acceptors (Lipinski definition) is 5. The Hall–Kier alpha value is -2.90. The molecule has 1 aromatic carbocycles. The van der Waals surface area contributed by atoms with Gasteiger partial charge < -0.3 is 14.1 Å². The number of amides is 1. The third-order valence-electron chi connectivity index (χ3n) is 6.65. The van der Waals surface area contributed by atoms with Gasteiger partial charge in [0.1, 0.15) is 5.69 Å². The van der Waals surface area contributed by atoms with Crippen LogP contribution in [-0.4, -0.2) is 64.2 Å². The first-order chi connectivity index (χ1) is 15.8. The van der Waals surface area contributed by atoms with Crippen LogP contribution in [0, 0.1) is 0 Å². The summed E-state index contributed by atoms with van der Waals surface area (Å²) in [6, 6.07) is 16.8. The van der Waals surface area contributed by atoms with Crippen molar-refractivity contribution in [3.05, 3.63) is 66.1 Å². The molecule has 0 spiro atoms. The van der Waals surface area contributed by atoms with E-state index in [1.54, 1.807) is 12.3 Å². The van der Waals surface area contributed by atoms with E-state index in [4.69, 9.17) is 9.15 Å². The topological polar surface area (TPSA) is 74.6 Å². The lowest BCUT2D eigenvalue weighted by Gasteiger charge is -2.39. The van der Waals surface area contributed by atoms with Crippen molar-refractivity contribution in [3.63, 3.8) is 0 Å². The standard InChI is InChI=1S/C25H30N4O3/c30-25(23-16-22(26-27-23)24-9-5-15-32-24)28-13-10-20(11-14-28)29-12-4-8-21(29)18-31-17-19-6-2-1-3-7-19/h1-3,5-7,9,15-16,20-21H,4,8,10-14,17-18H2,(H,26,27)/t21-/m0/s1. The number of carbonyl (C=O) groups excluding carboxylic acids is 1. The Morgan fingerprint density at radius 3 is 2.72 bits per heavy atom. The molecule has 1 N–H and O–H groups in total. The maximum absolute atomic E-state index is 12.9. The zero-order chi connectivity index (χ0) is 21.8. The van der Waals surface area contributed by atoms with Crippen molar-refractivity contribution in [3.8, 4) is 11.5 Å². The second kappa shape index (κ2) is 9.71. The first-order valence-electron chi connectivity index (χ1n) is 11.5. The predicted octanol–water partition coefficient (Wildman–Crippen LogP) is 3.96. The Kier molecular flexibility index (Phi) is 6.36. The molecule has 0 aliphatic carbocycles. The minimum Gasteiger partial charge on any atom is -0.463 e. The number of furan rings is 1. The van der Waals surface area contributed by atoms with E-state index in [9.17, 15) is 4.79 Å². The van der Waals surface area contributed by atoms with Crippen LogP contribution >= 0.6 is 0 Å². The van der Waals surface area contributed by atoms with E-state index in [1.807, 2.05) is 23.1 Å². The van der Waals surface area contributed by atoms with Gasteiger partial charge in [-0.3, -0.25) is 14.8 Å². The lowest BCUT2D eigenvalue weighted by molar-refractivity contribution is 0.0313. The molecule has 1 atom stereocenters. The lowest BCUT2D eigenvalue weighted by Crippen LogP contribution is -2.49. The normalized spacial score (nSPS) is 20.1. The van der Waals surface area contributed by atoms with E-state index in [-0.39, 0.29) is 5.91 Å². The highest BCUT2D eigenvalue weighted by molar-refractivity contribution is 5.93. The molecule has 2 aromatic heterocycles.